The summed E-state index contributed by atoms with van der Waals surface area (Å²) in [6.45, 7) is 2.75. The number of esters is 2. The van der Waals surface area contributed by atoms with Gasteiger partial charge in [-0.3, -0.25) is 23.4 Å². The molecule has 51 heavy (non-hydrogen) atoms. The molecule has 0 heterocycles. The number of nitrogens with two attached hydrogens (primary N) is 1. The Morgan fingerprint density at radius 1 is 0.588 bits per heavy atom. The number of phosphoric ester groups is 1. The summed E-state index contributed by atoms with van der Waals surface area (Å²) < 4.78 is 32.6. The Labute approximate surface area is 309 Å². The monoisotopic (exact) mass is 745 g/mol. The molecule has 0 aromatic heterocycles. The maximum Gasteiger partial charge on any atom is 0.472 e. The third kappa shape index (κ3) is 34.8. The van der Waals surface area contributed by atoms with E-state index in [4.69, 9.17) is 24.8 Å². The van der Waals surface area contributed by atoms with Crippen LogP contribution in [-0.2, 0) is 37.5 Å². The minimum atomic E-state index is -4.71. The Hall–Kier alpha value is -2.04. The van der Waals surface area contributed by atoms with E-state index in [1.165, 1.54) is 70.6 Å². The quantitative estimate of drug-likeness (QED) is 0.0239. The zero-order valence-corrected chi connectivity index (χ0v) is 32.8. The van der Waals surface area contributed by atoms with Crippen molar-refractivity contribution in [3.8, 4) is 0 Å². The fourth-order valence-corrected chi connectivity index (χ4v) is 6.01. The van der Waals surface area contributed by atoms with Gasteiger partial charge in [-0.05, 0) is 64.2 Å². The van der Waals surface area contributed by atoms with Gasteiger partial charge < -0.3 is 25.2 Å². The molecule has 1 unspecified atom stereocenters. The van der Waals surface area contributed by atoms with Gasteiger partial charge in [0, 0.05) is 12.8 Å². The molecule has 0 bridgehead atoms. The molecule has 0 saturated carbocycles. The average Bonchev–Trinajstić information content (AvgIpc) is 3.10. The normalized spacial score (nSPS) is 14.1. The molecule has 0 saturated heterocycles. The summed E-state index contributed by atoms with van der Waals surface area (Å²) >= 11 is 0. The van der Waals surface area contributed by atoms with E-state index >= 15 is 0 Å². The minimum Gasteiger partial charge on any atom is -0.480 e. The van der Waals surface area contributed by atoms with Crippen LogP contribution in [0.15, 0.2) is 24.3 Å². The van der Waals surface area contributed by atoms with Crippen LogP contribution in [0.4, 0.5) is 0 Å². The fourth-order valence-electron chi connectivity index (χ4n) is 5.23. The number of phosphoric acid groups is 1. The highest BCUT2D eigenvalue weighted by atomic mass is 31.2. The van der Waals surface area contributed by atoms with Gasteiger partial charge in [0.05, 0.1) is 13.2 Å². The van der Waals surface area contributed by atoms with Gasteiger partial charge in [0.25, 0.3) is 0 Å². The van der Waals surface area contributed by atoms with Crippen molar-refractivity contribution < 1.29 is 47.5 Å². The third-order valence-electron chi connectivity index (χ3n) is 8.42. The van der Waals surface area contributed by atoms with Crippen molar-refractivity contribution in [1.29, 1.82) is 0 Å². The topological polar surface area (TPSA) is 172 Å². The largest absolute Gasteiger partial charge is 0.480 e. The van der Waals surface area contributed by atoms with E-state index in [0.717, 1.165) is 64.2 Å². The molecule has 298 valence electrons. The van der Waals surface area contributed by atoms with Gasteiger partial charge in [0.1, 0.15) is 12.6 Å². The molecule has 0 rings (SSSR count). The Balaban J connectivity index is 4.45. The van der Waals surface area contributed by atoms with E-state index in [1.54, 1.807) is 0 Å². The van der Waals surface area contributed by atoms with Crippen LogP contribution >= 0.6 is 7.82 Å². The van der Waals surface area contributed by atoms with Crippen LogP contribution in [-0.4, -0.2) is 59.9 Å². The van der Waals surface area contributed by atoms with E-state index in [-0.39, 0.29) is 19.4 Å². The Morgan fingerprint density at radius 3 is 1.45 bits per heavy atom. The molecular weight excluding hydrogens is 673 g/mol. The van der Waals surface area contributed by atoms with Crippen molar-refractivity contribution in [2.24, 2.45) is 5.73 Å². The van der Waals surface area contributed by atoms with Gasteiger partial charge >= 0.3 is 25.7 Å². The summed E-state index contributed by atoms with van der Waals surface area (Å²) in [6, 6.07) is -1.52. The number of ether oxygens (including phenoxy) is 2. The van der Waals surface area contributed by atoms with Crippen molar-refractivity contribution in [2.45, 2.75) is 187 Å². The van der Waals surface area contributed by atoms with Gasteiger partial charge in [-0.2, -0.15) is 0 Å². The smallest absolute Gasteiger partial charge is 0.472 e. The highest BCUT2D eigenvalue weighted by Crippen LogP contribution is 2.43. The molecule has 0 aromatic rings. The van der Waals surface area contributed by atoms with E-state index in [0.29, 0.717) is 12.8 Å². The lowest BCUT2D eigenvalue weighted by atomic mass is 10.1. The first kappa shape index (κ1) is 49.0. The summed E-state index contributed by atoms with van der Waals surface area (Å²) in [5.41, 5.74) is 5.32. The van der Waals surface area contributed by atoms with E-state index in [2.05, 4.69) is 42.7 Å². The molecule has 0 aliphatic heterocycles. The van der Waals surface area contributed by atoms with Gasteiger partial charge in [0.15, 0.2) is 6.10 Å². The number of allylic oxidation sites excluding steroid dienone is 4. The molecular formula is C39H72NO10P. The van der Waals surface area contributed by atoms with Crippen molar-refractivity contribution in [2.75, 3.05) is 19.8 Å². The van der Waals surface area contributed by atoms with Crippen LogP contribution in [0.25, 0.3) is 0 Å². The first-order valence-corrected chi connectivity index (χ1v) is 21.4. The second-order valence-electron chi connectivity index (χ2n) is 13.4. The summed E-state index contributed by atoms with van der Waals surface area (Å²) in [6.07, 6.45) is 33.9. The molecule has 12 heteroatoms. The number of carboxylic acid groups (broad SMARTS) is 1. The van der Waals surface area contributed by atoms with Gasteiger partial charge in [-0.15, -0.1) is 0 Å². The molecule has 0 aliphatic rings. The lowest BCUT2D eigenvalue weighted by Crippen LogP contribution is -2.34. The predicted octanol–water partition coefficient (Wildman–Crippen LogP) is 9.89. The number of carbonyl (C=O) groups excluding carboxylic acids is 2. The number of carboxylic acids is 1. The first-order valence-electron chi connectivity index (χ1n) is 19.9. The van der Waals surface area contributed by atoms with Gasteiger partial charge in [-0.25, -0.2) is 4.57 Å². The third-order valence-corrected chi connectivity index (χ3v) is 9.37. The van der Waals surface area contributed by atoms with Crippen LogP contribution < -0.4 is 5.73 Å². The highest BCUT2D eigenvalue weighted by Gasteiger charge is 2.28. The second-order valence-corrected chi connectivity index (χ2v) is 14.9. The number of unbranched alkanes of at least 4 members (excludes halogenated alkanes) is 19. The van der Waals surface area contributed by atoms with Gasteiger partial charge in [0.2, 0.25) is 0 Å². The lowest BCUT2D eigenvalue weighted by molar-refractivity contribution is -0.161. The second kappa shape index (κ2) is 35.0. The summed E-state index contributed by atoms with van der Waals surface area (Å²) in [5, 5.41) is 8.86. The molecule has 4 N–H and O–H groups in total. The molecule has 3 atom stereocenters. The SMILES string of the molecule is CCCCCCC/C=C/CCCCCCCC(=O)OC[C@H](COP(=O)(O)OC[C@H](N)C(=O)O)OC(=O)CCCCC/C=C/CCCCCCCC. The van der Waals surface area contributed by atoms with Crippen LogP contribution in [0.3, 0.4) is 0 Å². The summed E-state index contributed by atoms with van der Waals surface area (Å²) in [5.74, 6) is -2.41. The fraction of sp³-hybridized carbons (Fsp3) is 0.821. The average molecular weight is 746 g/mol. The van der Waals surface area contributed by atoms with Crippen molar-refractivity contribution in [3.05, 3.63) is 24.3 Å². The highest BCUT2D eigenvalue weighted by molar-refractivity contribution is 7.47. The number of aliphatic carboxylic acids is 1. The summed E-state index contributed by atoms with van der Waals surface area (Å²) in [4.78, 5) is 45.8. The molecule has 0 aliphatic carbocycles. The van der Waals surface area contributed by atoms with Crippen molar-refractivity contribution in [3.63, 3.8) is 0 Å². The van der Waals surface area contributed by atoms with Crippen LogP contribution in [0.5, 0.6) is 0 Å². The van der Waals surface area contributed by atoms with E-state index < -0.39 is 51.1 Å². The van der Waals surface area contributed by atoms with Crippen LogP contribution in [0.1, 0.15) is 174 Å². The Bertz CT molecular complexity index is 974. The maximum atomic E-state index is 12.6. The molecule has 0 fully saturated rings. The molecule has 0 amide bonds. The Morgan fingerprint density at radius 2 is 0.980 bits per heavy atom. The zero-order valence-electron chi connectivity index (χ0n) is 31.9. The number of hydrogen-bond donors (Lipinski definition) is 3. The van der Waals surface area contributed by atoms with Crippen molar-refractivity contribution >= 4 is 25.7 Å². The summed E-state index contributed by atoms with van der Waals surface area (Å²) in [7, 11) is -4.71. The zero-order chi connectivity index (χ0) is 37.8. The number of rotatable bonds is 37. The van der Waals surface area contributed by atoms with Crippen LogP contribution in [0, 0.1) is 0 Å². The standard InChI is InChI=1S/C39H72NO10P/c1-3-5-7-9-11-13-15-17-19-20-22-24-26-28-30-37(41)47-32-35(33-48-51(45,46)49-34-36(40)39(43)44)50-38(42)31-29-27-25-23-21-18-16-14-12-10-8-6-4-2/h15,17-18,21,35-36H,3-14,16,19-20,22-34,40H2,1-2H3,(H,43,44)(H,45,46)/b17-15+,21-18+/t35-,36+/m1/s1. The van der Waals surface area contributed by atoms with Crippen molar-refractivity contribution in [1.82, 2.24) is 0 Å². The lowest BCUT2D eigenvalue weighted by Gasteiger charge is -2.20. The van der Waals surface area contributed by atoms with Crippen LogP contribution in [0.2, 0.25) is 0 Å². The minimum absolute atomic E-state index is 0.140. The number of carbonyl (C=O) groups is 3. The first-order chi connectivity index (χ1) is 24.6. The van der Waals surface area contributed by atoms with E-state index in [1.807, 2.05) is 0 Å². The Kier molecular flexibility index (Phi) is 33.6. The molecule has 11 nitrogen and oxygen atoms in total. The maximum absolute atomic E-state index is 12.6. The molecule has 0 aromatic carbocycles. The predicted molar refractivity (Wildman–Crippen MR) is 203 cm³/mol. The molecule has 0 radical (unpaired) electrons. The molecule has 0 spiro atoms. The number of hydrogen-bond acceptors (Lipinski definition) is 9. The van der Waals surface area contributed by atoms with Gasteiger partial charge in [-0.1, -0.05) is 122 Å². The van der Waals surface area contributed by atoms with E-state index in [9.17, 15) is 23.8 Å².